The number of rotatable bonds is 4. The second kappa shape index (κ2) is 7.33. The molecule has 0 bridgehead atoms. The zero-order chi connectivity index (χ0) is 17.8. The molecule has 1 aliphatic rings. The highest BCUT2D eigenvalue weighted by atomic mass is 16.2. The van der Waals surface area contributed by atoms with Gasteiger partial charge in [0, 0.05) is 31.3 Å². The maximum atomic E-state index is 12.4. The van der Waals surface area contributed by atoms with Gasteiger partial charge in [0.15, 0.2) is 0 Å². The Bertz CT molecular complexity index is 852. The maximum absolute atomic E-state index is 12.4. The number of aryl methyl sites for hydroxylation is 1. The Morgan fingerprint density at radius 1 is 1.16 bits per heavy atom. The smallest absolute Gasteiger partial charge is 0.326 e. The lowest BCUT2D eigenvalue weighted by Crippen LogP contribution is -2.30. The molecular weight excluding hydrogens is 322 g/mol. The van der Waals surface area contributed by atoms with E-state index < -0.39 is 0 Å². The van der Waals surface area contributed by atoms with E-state index in [0.29, 0.717) is 17.9 Å². The van der Waals surface area contributed by atoms with Gasteiger partial charge in [-0.15, -0.1) is 0 Å². The average Bonchev–Trinajstić information content (AvgIpc) is 2.73. The molecule has 1 aromatic carbocycles. The molecule has 132 valence electrons. The van der Waals surface area contributed by atoms with Gasteiger partial charge >= 0.3 is 5.69 Å². The predicted octanol–water partition coefficient (Wildman–Crippen LogP) is 1.37. The number of carbonyl (C=O) groups excluding carboxylic acids is 2. The molecule has 8 heteroatoms. The Labute approximate surface area is 144 Å². The van der Waals surface area contributed by atoms with Crippen molar-refractivity contribution in [2.24, 2.45) is 0 Å². The molecule has 0 atom stereocenters. The molecular formula is C17H21N5O3. The van der Waals surface area contributed by atoms with E-state index >= 15 is 0 Å². The predicted molar refractivity (Wildman–Crippen MR) is 93.4 cm³/mol. The third-order valence-electron chi connectivity index (χ3n) is 4.04. The third kappa shape index (κ3) is 4.14. The van der Waals surface area contributed by atoms with E-state index in [4.69, 9.17) is 0 Å². The topological polar surface area (TPSA) is 98.0 Å². The lowest BCUT2D eigenvalue weighted by Gasteiger charge is -2.07. The van der Waals surface area contributed by atoms with E-state index in [0.717, 1.165) is 31.5 Å². The van der Waals surface area contributed by atoms with Gasteiger partial charge in [0.05, 0.1) is 0 Å². The standard InChI is InChI=1S/C17H21N5O3/c1-12(23)18-13-6-5-7-14(10-13)19-16(24)11-22-17(25)21-9-4-2-3-8-15(21)20-22/h5-7,10H,2-4,8-9,11H2,1H3,(H,18,23)(H,19,24). The number of aromatic nitrogens is 3. The first-order valence-corrected chi connectivity index (χ1v) is 8.37. The van der Waals surface area contributed by atoms with Crippen molar-refractivity contribution < 1.29 is 9.59 Å². The molecule has 3 rings (SSSR count). The van der Waals surface area contributed by atoms with Crippen LogP contribution >= 0.6 is 0 Å². The molecule has 8 nitrogen and oxygen atoms in total. The Hall–Kier alpha value is -2.90. The number of hydrogen-bond acceptors (Lipinski definition) is 4. The van der Waals surface area contributed by atoms with Crippen LogP contribution in [-0.4, -0.2) is 26.2 Å². The largest absolute Gasteiger partial charge is 0.346 e. The van der Waals surface area contributed by atoms with Gasteiger partial charge in [-0.2, -0.15) is 5.10 Å². The quantitative estimate of drug-likeness (QED) is 0.876. The van der Waals surface area contributed by atoms with Gasteiger partial charge in [-0.3, -0.25) is 14.2 Å². The highest BCUT2D eigenvalue weighted by molar-refractivity contribution is 5.93. The van der Waals surface area contributed by atoms with Crippen LogP contribution < -0.4 is 16.3 Å². The van der Waals surface area contributed by atoms with Gasteiger partial charge in [0.25, 0.3) is 0 Å². The summed E-state index contributed by atoms with van der Waals surface area (Å²) in [6, 6.07) is 6.83. The van der Waals surface area contributed by atoms with Gasteiger partial charge in [0.2, 0.25) is 11.8 Å². The fourth-order valence-electron chi connectivity index (χ4n) is 2.94. The van der Waals surface area contributed by atoms with Crippen molar-refractivity contribution in [2.75, 3.05) is 10.6 Å². The van der Waals surface area contributed by atoms with Crippen LogP contribution in [0.5, 0.6) is 0 Å². The van der Waals surface area contributed by atoms with Crippen LogP contribution in [0.1, 0.15) is 32.0 Å². The molecule has 0 saturated heterocycles. The highest BCUT2D eigenvalue weighted by Gasteiger charge is 2.17. The number of nitrogens with zero attached hydrogens (tertiary/aromatic N) is 3. The van der Waals surface area contributed by atoms with Crippen LogP contribution in [0.4, 0.5) is 11.4 Å². The van der Waals surface area contributed by atoms with Crippen molar-refractivity contribution in [3.8, 4) is 0 Å². The summed E-state index contributed by atoms with van der Waals surface area (Å²) in [7, 11) is 0. The number of benzene rings is 1. The third-order valence-corrected chi connectivity index (χ3v) is 4.04. The van der Waals surface area contributed by atoms with Crippen molar-refractivity contribution >= 4 is 23.2 Å². The van der Waals surface area contributed by atoms with Crippen molar-refractivity contribution in [1.82, 2.24) is 14.3 Å². The van der Waals surface area contributed by atoms with Crippen molar-refractivity contribution in [1.29, 1.82) is 0 Å². The normalized spacial score (nSPS) is 13.6. The number of amides is 2. The van der Waals surface area contributed by atoms with Crippen LogP contribution in [0.15, 0.2) is 29.1 Å². The van der Waals surface area contributed by atoms with Gasteiger partial charge < -0.3 is 10.6 Å². The number of carbonyl (C=O) groups is 2. The van der Waals surface area contributed by atoms with Crippen LogP contribution in [0.25, 0.3) is 0 Å². The van der Waals surface area contributed by atoms with Crippen molar-refractivity contribution in [3.05, 3.63) is 40.6 Å². The van der Waals surface area contributed by atoms with Gasteiger partial charge in [-0.25, -0.2) is 9.48 Å². The first-order chi connectivity index (χ1) is 12.0. The summed E-state index contributed by atoms with van der Waals surface area (Å²) >= 11 is 0. The van der Waals surface area contributed by atoms with Crippen LogP contribution in [0.3, 0.4) is 0 Å². The van der Waals surface area contributed by atoms with Crippen LogP contribution in [-0.2, 0) is 29.1 Å². The zero-order valence-corrected chi connectivity index (χ0v) is 14.1. The molecule has 2 N–H and O–H groups in total. The summed E-state index contributed by atoms with van der Waals surface area (Å²) in [5.41, 5.74) is 0.903. The van der Waals surface area contributed by atoms with Crippen LogP contribution in [0, 0.1) is 0 Å². The minimum atomic E-state index is -0.338. The molecule has 2 aromatic rings. The maximum Gasteiger partial charge on any atom is 0.346 e. The number of fused-ring (bicyclic) bond motifs is 1. The number of nitrogens with one attached hydrogen (secondary N) is 2. The molecule has 1 aliphatic heterocycles. The Balaban J connectivity index is 1.69. The molecule has 0 unspecified atom stereocenters. The summed E-state index contributed by atoms with van der Waals surface area (Å²) in [4.78, 5) is 35.7. The summed E-state index contributed by atoms with van der Waals surface area (Å²) in [5.74, 6) is 0.229. The summed E-state index contributed by atoms with van der Waals surface area (Å²) in [6.07, 6.45) is 3.83. The zero-order valence-electron chi connectivity index (χ0n) is 14.1. The first kappa shape index (κ1) is 16.9. The van der Waals surface area contributed by atoms with E-state index in [9.17, 15) is 14.4 Å². The van der Waals surface area contributed by atoms with Crippen LogP contribution in [0.2, 0.25) is 0 Å². The fourth-order valence-corrected chi connectivity index (χ4v) is 2.94. The van der Waals surface area contributed by atoms with E-state index in [1.165, 1.54) is 11.6 Å². The van der Waals surface area contributed by atoms with E-state index in [1.54, 1.807) is 28.8 Å². The second-order valence-corrected chi connectivity index (χ2v) is 6.13. The molecule has 0 fully saturated rings. The minimum Gasteiger partial charge on any atom is -0.326 e. The number of anilines is 2. The average molecular weight is 343 g/mol. The summed E-state index contributed by atoms with van der Waals surface area (Å²) < 4.78 is 2.88. The molecule has 2 amide bonds. The SMILES string of the molecule is CC(=O)Nc1cccc(NC(=O)Cn2nc3n(c2=O)CCCCC3)c1. The second-order valence-electron chi connectivity index (χ2n) is 6.13. The molecule has 0 aliphatic carbocycles. The monoisotopic (exact) mass is 343 g/mol. The summed E-state index contributed by atoms with van der Waals surface area (Å²) in [6.45, 7) is 1.94. The molecule has 0 spiro atoms. The molecule has 0 saturated carbocycles. The lowest BCUT2D eigenvalue weighted by molar-refractivity contribution is -0.117. The van der Waals surface area contributed by atoms with E-state index in [1.807, 2.05) is 0 Å². The lowest BCUT2D eigenvalue weighted by atomic mass is 10.2. The Morgan fingerprint density at radius 3 is 2.68 bits per heavy atom. The molecule has 25 heavy (non-hydrogen) atoms. The van der Waals surface area contributed by atoms with Crippen molar-refractivity contribution in [3.63, 3.8) is 0 Å². The molecule has 0 radical (unpaired) electrons. The van der Waals surface area contributed by atoms with Gasteiger partial charge in [0.1, 0.15) is 12.4 Å². The first-order valence-electron chi connectivity index (χ1n) is 8.37. The van der Waals surface area contributed by atoms with E-state index in [2.05, 4.69) is 15.7 Å². The van der Waals surface area contributed by atoms with E-state index in [-0.39, 0.29) is 24.0 Å². The summed E-state index contributed by atoms with van der Waals surface area (Å²) in [5, 5.41) is 9.68. The Kier molecular flexibility index (Phi) is 4.97. The Morgan fingerprint density at radius 2 is 1.92 bits per heavy atom. The minimum absolute atomic E-state index is 0.136. The van der Waals surface area contributed by atoms with Gasteiger partial charge in [-0.05, 0) is 31.0 Å². The molecule has 2 heterocycles. The highest BCUT2D eigenvalue weighted by Crippen LogP contribution is 2.15. The fraction of sp³-hybridized carbons (Fsp3) is 0.412. The van der Waals surface area contributed by atoms with Crippen molar-refractivity contribution in [2.45, 2.75) is 45.7 Å². The molecule has 1 aromatic heterocycles. The number of hydrogen-bond donors (Lipinski definition) is 2. The van der Waals surface area contributed by atoms with Gasteiger partial charge in [-0.1, -0.05) is 12.5 Å².